The van der Waals surface area contributed by atoms with Gasteiger partial charge in [-0.3, -0.25) is 20.4 Å². The number of nitrogen functional groups attached to an aromatic ring is 2. The molecule has 1 saturated heterocycles. The molecule has 6 rings (SSSR count). The van der Waals surface area contributed by atoms with E-state index in [1.807, 2.05) is 10.9 Å². The van der Waals surface area contributed by atoms with Crippen molar-refractivity contribution in [3.63, 3.8) is 0 Å². The van der Waals surface area contributed by atoms with Crippen LogP contribution in [0.2, 0.25) is 0 Å². The van der Waals surface area contributed by atoms with E-state index < -0.39 is 84.3 Å². The second-order valence-electron chi connectivity index (χ2n) is 11.9. The molecule has 1 fully saturated rings. The highest BCUT2D eigenvalue weighted by Crippen LogP contribution is 2.33. The zero-order valence-corrected chi connectivity index (χ0v) is 29.1. The van der Waals surface area contributed by atoms with Crippen LogP contribution in [0.5, 0.6) is 0 Å². The monoisotopic (exact) mass is 763 g/mol. The van der Waals surface area contributed by atoms with Gasteiger partial charge in [-0.25, -0.2) is 35.5 Å². The fraction of sp³-hybridized carbons (Fsp3) is 0.158. The van der Waals surface area contributed by atoms with Crippen LogP contribution >= 0.6 is 0 Å². The molecule has 6 N–H and O–H groups in total. The Labute approximate surface area is 317 Å². The molecule has 1 aliphatic rings. The molecule has 5 aromatic rings. The predicted octanol–water partition coefficient (Wildman–Crippen LogP) is 1.74. The number of aromatic nitrogens is 3. The number of amides is 2. The lowest BCUT2D eigenvalue weighted by molar-refractivity contribution is -0.280. The second kappa shape index (κ2) is 17.7. The molecule has 0 radical (unpaired) electrons. The molecule has 2 amide bonds. The summed E-state index contributed by atoms with van der Waals surface area (Å²) in [5.41, 5.74) is 2.99. The van der Waals surface area contributed by atoms with Gasteiger partial charge in [0.1, 0.15) is 6.10 Å². The highest BCUT2D eigenvalue weighted by molar-refractivity contribution is 6.04. The van der Waals surface area contributed by atoms with Crippen LogP contribution in [0, 0.1) is 0 Å². The maximum atomic E-state index is 13.8. The van der Waals surface area contributed by atoms with Crippen LogP contribution in [0.15, 0.2) is 121 Å². The number of esters is 4. The molecule has 5 unspecified atom stereocenters. The van der Waals surface area contributed by atoms with Crippen molar-refractivity contribution in [2.24, 2.45) is 11.7 Å². The zero-order chi connectivity index (χ0) is 39.6. The molecule has 0 spiro atoms. The third-order valence-corrected chi connectivity index (χ3v) is 8.36. The summed E-state index contributed by atoms with van der Waals surface area (Å²) in [7, 11) is 0. The average Bonchev–Trinajstić information content (AvgIpc) is 3.67. The largest absolute Gasteiger partial charge is 0.452 e. The van der Waals surface area contributed by atoms with Crippen LogP contribution < -0.4 is 22.5 Å². The fourth-order valence-corrected chi connectivity index (χ4v) is 5.69. The molecule has 0 bridgehead atoms. The van der Waals surface area contributed by atoms with Gasteiger partial charge in [0.2, 0.25) is 12.4 Å². The van der Waals surface area contributed by atoms with Crippen LogP contribution in [-0.4, -0.2) is 81.4 Å². The van der Waals surface area contributed by atoms with Crippen LogP contribution in [0.1, 0.15) is 62.4 Å². The summed E-state index contributed by atoms with van der Waals surface area (Å²) in [5.74, 6) is 4.92. The Hall–Kier alpha value is -7.28. The number of carbonyl (C=O) groups is 6. The Morgan fingerprint density at radius 3 is 1.38 bits per heavy atom. The van der Waals surface area contributed by atoms with Crippen LogP contribution in [0.25, 0.3) is 0 Å². The summed E-state index contributed by atoms with van der Waals surface area (Å²) < 4.78 is 31.0. The summed E-state index contributed by atoms with van der Waals surface area (Å²) in [6.45, 7) is -0.599. The molecular formula is C38H33N7O11. The molecular weight excluding hydrogens is 730 g/mol. The molecule has 5 atom stereocenters. The van der Waals surface area contributed by atoms with Gasteiger partial charge in [0, 0.05) is 0 Å². The maximum Gasteiger partial charge on any atom is 0.340 e. The van der Waals surface area contributed by atoms with Gasteiger partial charge in [0.05, 0.1) is 28.8 Å². The minimum absolute atomic E-state index is 0.0604. The third kappa shape index (κ3) is 8.74. The van der Waals surface area contributed by atoms with Gasteiger partial charge in [-0.2, -0.15) is 0 Å². The van der Waals surface area contributed by atoms with Crippen molar-refractivity contribution in [2.45, 2.75) is 37.3 Å². The van der Waals surface area contributed by atoms with E-state index in [9.17, 15) is 28.8 Å². The first-order valence-corrected chi connectivity index (χ1v) is 16.8. The number of benzene rings is 4. The van der Waals surface area contributed by atoms with E-state index in [4.69, 9.17) is 35.4 Å². The lowest BCUT2D eigenvalue weighted by Crippen LogP contribution is -2.63. The molecule has 56 heavy (non-hydrogen) atoms. The number of nitrogens with zero attached hydrogens (tertiary/aromatic N) is 3. The SMILES string of the molecule is NNC(=O)c1nnn(CC2OC(OC(=O)c3ccccc3)C(OC(=O)c3ccccc3)C(OC(=O)c3ccccc3)C2OC(=O)c2ccccc2)c1C(=O)NN. The van der Waals surface area contributed by atoms with E-state index in [-0.39, 0.29) is 22.3 Å². The summed E-state index contributed by atoms with van der Waals surface area (Å²) in [6, 6.07) is 31.0. The molecule has 4 aromatic carbocycles. The number of ether oxygens (including phenoxy) is 5. The second-order valence-corrected chi connectivity index (χ2v) is 11.9. The van der Waals surface area contributed by atoms with Gasteiger partial charge in [-0.15, -0.1) is 5.10 Å². The van der Waals surface area contributed by atoms with E-state index in [0.29, 0.717) is 0 Å². The highest BCUT2D eigenvalue weighted by atomic mass is 16.7. The lowest BCUT2D eigenvalue weighted by Gasteiger charge is -2.44. The number of hydrogen-bond acceptors (Lipinski definition) is 15. The van der Waals surface area contributed by atoms with Crippen molar-refractivity contribution in [3.8, 4) is 0 Å². The van der Waals surface area contributed by atoms with Crippen LogP contribution in [0.4, 0.5) is 0 Å². The number of hydrogen-bond donors (Lipinski definition) is 4. The van der Waals surface area contributed by atoms with Crippen molar-refractivity contribution < 1.29 is 52.5 Å². The third-order valence-electron chi connectivity index (χ3n) is 8.36. The fourth-order valence-electron chi connectivity index (χ4n) is 5.69. The minimum Gasteiger partial charge on any atom is -0.452 e. The van der Waals surface area contributed by atoms with Crippen LogP contribution in [-0.2, 0) is 30.2 Å². The standard InChI is InChI=1S/C38H33N7O11/c39-41-32(46)27-28(33(47)42-40)45(44-43-27)21-26-29(53-34(48)22-13-5-1-6-14-22)30(54-35(49)23-15-7-2-8-16-23)31(55-36(50)24-17-9-3-10-18-24)38(52-26)56-37(51)25-19-11-4-12-20-25/h1-20,26,29-31,38H,21,39-40H2,(H,41,46)(H,42,47). The normalized spacial score (nSPS) is 18.8. The number of nitrogens with two attached hydrogens (primary N) is 2. The molecule has 2 heterocycles. The average molecular weight is 764 g/mol. The van der Waals surface area contributed by atoms with Crippen LogP contribution in [0.3, 0.4) is 0 Å². The van der Waals surface area contributed by atoms with Gasteiger partial charge >= 0.3 is 23.9 Å². The molecule has 286 valence electrons. The molecule has 1 aromatic heterocycles. The van der Waals surface area contributed by atoms with Gasteiger partial charge in [0.25, 0.3) is 11.8 Å². The first-order valence-electron chi connectivity index (χ1n) is 16.8. The summed E-state index contributed by atoms with van der Waals surface area (Å²) in [6.07, 6.45) is -8.72. The van der Waals surface area contributed by atoms with Crippen molar-refractivity contribution in [1.82, 2.24) is 25.8 Å². The van der Waals surface area contributed by atoms with Crippen molar-refractivity contribution >= 4 is 35.7 Å². The smallest absolute Gasteiger partial charge is 0.340 e. The lowest BCUT2D eigenvalue weighted by atomic mass is 9.97. The Bertz CT molecular complexity index is 2190. The number of carbonyl (C=O) groups excluding carboxylic acids is 6. The summed E-state index contributed by atoms with van der Waals surface area (Å²) in [4.78, 5) is 80.4. The number of nitrogens with one attached hydrogen (secondary N) is 2. The highest BCUT2D eigenvalue weighted by Gasteiger charge is 2.55. The van der Waals surface area contributed by atoms with E-state index >= 15 is 0 Å². The predicted molar refractivity (Wildman–Crippen MR) is 191 cm³/mol. The summed E-state index contributed by atoms with van der Waals surface area (Å²) in [5, 5.41) is 7.67. The van der Waals surface area contributed by atoms with E-state index in [1.165, 1.54) is 48.5 Å². The molecule has 18 heteroatoms. The molecule has 0 saturated carbocycles. The van der Waals surface area contributed by atoms with Crippen molar-refractivity contribution in [1.29, 1.82) is 0 Å². The van der Waals surface area contributed by atoms with Gasteiger partial charge in [-0.1, -0.05) is 78.0 Å². The Morgan fingerprint density at radius 2 is 0.946 bits per heavy atom. The van der Waals surface area contributed by atoms with E-state index in [0.717, 1.165) is 4.68 Å². The Balaban J connectivity index is 1.49. The molecule has 0 aliphatic carbocycles. The Kier molecular flexibility index (Phi) is 12.1. The molecule has 18 nitrogen and oxygen atoms in total. The summed E-state index contributed by atoms with van der Waals surface area (Å²) >= 11 is 0. The topological polar surface area (TPSA) is 255 Å². The quantitative estimate of drug-likeness (QED) is 0.0464. The van der Waals surface area contributed by atoms with Crippen molar-refractivity contribution in [2.75, 3.05) is 0 Å². The van der Waals surface area contributed by atoms with E-state index in [1.54, 1.807) is 72.8 Å². The first kappa shape index (κ1) is 38.4. The van der Waals surface area contributed by atoms with Gasteiger partial charge in [0.15, 0.2) is 23.6 Å². The first-order chi connectivity index (χ1) is 27.2. The van der Waals surface area contributed by atoms with Gasteiger partial charge < -0.3 is 23.7 Å². The molecule has 1 aliphatic heterocycles. The van der Waals surface area contributed by atoms with Gasteiger partial charge in [-0.05, 0) is 48.5 Å². The number of hydrazine groups is 2. The number of rotatable bonds is 12. The van der Waals surface area contributed by atoms with Crippen molar-refractivity contribution in [3.05, 3.63) is 155 Å². The zero-order valence-electron chi connectivity index (χ0n) is 29.1. The Morgan fingerprint density at radius 1 is 0.554 bits per heavy atom. The maximum absolute atomic E-state index is 13.8. The van der Waals surface area contributed by atoms with E-state index in [2.05, 4.69) is 10.3 Å². The minimum atomic E-state index is -1.87.